The van der Waals surface area contributed by atoms with Crippen molar-refractivity contribution in [2.24, 2.45) is 0 Å². The zero-order valence-corrected chi connectivity index (χ0v) is 10.1. The number of nitrogens with two attached hydrogens (primary N) is 1. The summed E-state index contributed by atoms with van der Waals surface area (Å²) in [7, 11) is 0. The van der Waals surface area contributed by atoms with Gasteiger partial charge >= 0.3 is 0 Å². The molecule has 1 rings (SSSR count). The van der Waals surface area contributed by atoms with Crippen molar-refractivity contribution in [2.75, 3.05) is 5.73 Å². The van der Waals surface area contributed by atoms with Gasteiger partial charge in [-0.15, -0.1) is 0 Å². The Labute approximate surface area is 96.2 Å². The second-order valence-electron chi connectivity index (χ2n) is 2.33. The molecule has 0 radical (unpaired) electrons. The highest BCUT2D eigenvalue weighted by molar-refractivity contribution is 14.1. The summed E-state index contributed by atoms with van der Waals surface area (Å²) in [5.74, 6) is 0.129. The molecular formula is C7H6BrF2IN2. The number of aromatic nitrogens is 1. The Hall–Kier alpha value is 0.0200. The third-order valence-electron chi connectivity index (χ3n) is 1.46. The predicted octanol–water partition coefficient (Wildman–Crippen LogP) is 3.10. The molecule has 0 saturated heterocycles. The van der Waals surface area contributed by atoms with E-state index in [2.05, 4.69) is 20.9 Å². The van der Waals surface area contributed by atoms with Crippen LogP contribution in [0.2, 0.25) is 0 Å². The lowest BCUT2D eigenvalue weighted by atomic mass is 10.2. The number of halogens is 4. The first kappa shape index (κ1) is 11.1. The maximum absolute atomic E-state index is 12.4. The monoisotopic (exact) mass is 362 g/mol. The van der Waals surface area contributed by atoms with E-state index in [1.54, 1.807) is 6.07 Å². The van der Waals surface area contributed by atoms with Crippen LogP contribution in [0.3, 0.4) is 0 Å². The molecule has 0 spiro atoms. The Morgan fingerprint density at radius 1 is 1.62 bits per heavy atom. The van der Waals surface area contributed by atoms with E-state index in [-0.39, 0.29) is 11.5 Å². The number of hydrogen-bond donors (Lipinski definition) is 1. The molecule has 1 aromatic rings. The molecule has 6 heteroatoms. The summed E-state index contributed by atoms with van der Waals surface area (Å²) in [5, 5.41) is 0.359. The fraction of sp³-hybridized carbons (Fsp3) is 0.286. The van der Waals surface area contributed by atoms with Gasteiger partial charge in [0.15, 0.2) is 0 Å². The lowest BCUT2D eigenvalue weighted by molar-refractivity contribution is 0.145. The molecule has 0 saturated carbocycles. The maximum Gasteiger partial charge on any atom is 0.280 e. The van der Waals surface area contributed by atoms with Gasteiger partial charge in [0.1, 0.15) is 11.5 Å². The number of rotatable bonds is 2. The summed E-state index contributed by atoms with van der Waals surface area (Å²) >= 11 is 5.09. The van der Waals surface area contributed by atoms with Crippen molar-refractivity contribution in [3.63, 3.8) is 0 Å². The van der Waals surface area contributed by atoms with Crippen molar-refractivity contribution in [3.8, 4) is 0 Å². The number of alkyl halides is 3. The molecule has 2 N–H and O–H groups in total. The van der Waals surface area contributed by atoms with Gasteiger partial charge in [0.25, 0.3) is 6.43 Å². The van der Waals surface area contributed by atoms with Gasteiger partial charge < -0.3 is 5.73 Å². The van der Waals surface area contributed by atoms with Crippen LogP contribution in [0.5, 0.6) is 0 Å². The molecule has 0 aromatic carbocycles. The molecule has 0 amide bonds. The van der Waals surface area contributed by atoms with Crippen LogP contribution in [0, 0.1) is 3.57 Å². The average molecular weight is 363 g/mol. The minimum atomic E-state index is -2.58. The molecule has 0 aliphatic heterocycles. The summed E-state index contributed by atoms with van der Waals surface area (Å²) in [6, 6.07) is 1.57. The third kappa shape index (κ3) is 2.49. The second-order valence-corrected chi connectivity index (χ2v) is 4.05. The Morgan fingerprint density at radius 2 is 2.23 bits per heavy atom. The van der Waals surface area contributed by atoms with Gasteiger partial charge in [-0.2, -0.15) is 0 Å². The van der Waals surface area contributed by atoms with Gasteiger partial charge in [0.05, 0.1) is 0 Å². The van der Waals surface area contributed by atoms with Crippen LogP contribution < -0.4 is 5.73 Å². The van der Waals surface area contributed by atoms with Crippen LogP contribution in [0.4, 0.5) is 14.6 Å². The normalized spacial score (nSPS) is 10.8. The fourth-order valence-electron chi connectivity index (χ4n) is 0.891. The molecule has 1 heterocycles. The topological polar surface area (TPSA) is 38.9 Å². The second kappa shape index (κ2) is 4.50. The van der Waals surface area contributed by atoms with Gasteiger partial charge in [-0.3, -0.25) is 0 Å². The Kier molecular flexibility index (Phi) is 3.84. The minimum Gasteiger partial charge on any atom is -0.384 e. The highest BCUT2D eigenvalue weighted by atomic mass is 127. The van der Waals surface area contributed by atoms with Crippen LogP contribution in [-0.2, 0) is 5.33 Å². The first-order valence-corrected chi connectivity index (χ1v) is 5.55. The van der Waals surface area contributed by atoms with E-state index in [1.807, 2.05) is 22.6 Å². The number of nitrogen functional groups attached to an aromatic ring is 1. The van der Waals surface area contributed by atoms with Crippen LogP contribution in [0.1, 0.15) is 17.7 Å². The average Bonchev–Trinajstić information content (AvgIpc) is 2.02. The van der Waals surface area contributed by atoms with E-state index < -0.39 is 6.43 Å². The first-order valence-electron chi connectivity index (χ1n) is 3.35. The fourth-order valence-corrected chi connectivity index (χ4v) is 2.79. The van der Waals surface area contributed by atoms with Gasteiger partial charge in [-0.05, 0) is 28.7 Å². The number of nitrogens with zero attached hydrogens (tertiary/aromatic N) is 1. The summed E-state index contributed by atoms with van der Waals surface area (Å²) in [6.45, 7) is 0. The molecule has 0 unspecified atom stereocenters. The summed E-state index contributed by atoms with van der Waals surface area (Å²) in [6.07, 6.45) is -2.58. The van der Waals surface area contributed by atoms with E-state index in [4.69, 9.17) is 5.73 Å². The molecule has 2 nitrogen and oxygen atoms in total. The van der Waals surface area contributed by atoms with E-state index in [0.717, 1.165) is 0 Å². The molecule has 0 bridgehead atoms. The van der Waals surface area contributed by atoms with Gasteiger partial charge in [-0.1, -0.05) is 15.9 Å². The molecule has 13 heavy (non-hydrogen) atoms. The first-order chi connectivity index (χ1) is 6.06. The Balaban J connectivity index is 3.29. The molecule has 0 aliphatic carbocycles. The van der Waals surface area contributed by atoms with Crippen LogP contribution in [-0.4, -0.2) is 4.98 Å². The molecular weight excluding hydrogens is 357 g/mol. The van der Waals surface area contributed by atoms with Crippen LogP contribution >= 0.6 is 38.5 Å². The van der Waals surface area contributed by atoms with Crippen molar-refractivity contribution < 1.29 is 8.78 Å². The largest absolute Gasteiger partial charge is 0.384 e. The molecule has 0 atom stereocenters. The highest BCUT2D eigenvalue weighted by Gasteiger charge is 2.17. The molecule has 1 aromatic heterocycles. The number of pyridine rings is 1. The summed E-state index contributed by atoms with van der Waals surface area (Å²) in [5.41, 5.74) is 5.63. The van der Waals surface area contributed by atoms with E-state index >= 15 is 0 Å². The van der Waals surface area contributed by atoms with Gasteiger partial charge in [-0.25, -0.2) is 13.8 Å². The van der Waals surface area contributed by atoms with E-state index in [1.165, 1.54) is 0 Å². The standard InChI is InChI=1S/C7H6BrF2IN2/c8-2-3-4(11)1-5(12)13-6(3)7(9)10/h1,7H,2H2,(H2,12,13). The van der Waals surface area contributed by atoms with Gasteiger partial charge in [0.2, 0.25) is 0 Å². The van der Waals surface area contributed by atoms with Crippen molar-refractivity contribution in [2.45, 2.75) is 11.8 Å². The van der Waals surface area contributed by atoms with E-state index in [0.29, 0.717) is 14.5 Å². The van der Waals surface area contributed by atoms with Gasteiger partial charge in [0, 0.05) is 14.5 Å². The number of hydrogen-bond acceptors (Lipinski definition) is 2. The SMILES string of the molecule is Nc1cc(I)c(CBr)c(C(F)F)n1. The Bertz CT molecular complexity index is 320. The van der Waals surface area contributed by atoms with Crippen LogP contribution in [0.15, 0.2) is 6.07 Å². The molecule has 0 fully saturated rings. The van der Waals surface area contributed by atoms with Crippen molar-refractivity contribution >= 4 is 44.3 Å². The van der Waals surface area contributed by atoms with Crippen LogP contribution in [0.25, 0.3) is 0 Å². The van der Waals surface area contributed by atoms with E-state index in [9.17, 15) is 8.78 Å². The maximum atomic E-state index is 12.4. The van der Waals surface area contributed by atoms with Crippen molar-refractivity contribution in [1.29, 1.82) is 0 Å². The lowest BCUT2D eigenvalue weighted by Crippen LogP contribution is -2.03. The minimum absolute atomic E-state index is 0.129. The van der Waals surface area contributed by atoms with Crippen molar-refractivity contribution in [1.82, 2.24) is 4.98 Å². The molecule has 0 aliphatic rings. The third-order valence-corrected chi connectivity index (χ3v) is 2.99. The zero-order valence-electron chi connectivity index (χ0n) is 6.40. The quantitative estimate of drug-likeness (QED) is 0.648. The Morgan fingerprint density at radius 3 is 2.69 bits per heavy atom. The summed E-state index contributed by atoms with van der Waals surface area (Å²) in [4.78, 5) is 3.60. The highest BCUT2D eigenvalue weighted by Crippen LogP contribution is 2.27. The summed E-state index contributed by atoms with van der Waals surface area (Å²) < 4.78 is 25.6. The molecule has 72 valence electrons. The van der Waals surface area contributed by atoms with Crippen molar-refractivity contribution in [3.05, 3.63) is 20.9 Å². The zero-order chi connectivity index (χ0) is 10.0. The predicted molar refractivity (Wildman–Crippen MR) is 59.0 cm³/mol. The lowest BCUT2D eigenvalue weighted by Gasteiger charge is -2.08. The smallest absolute Gasteiger partial charge is 0.280 e. The number of anilines is 1.